The number of amides is 1. The number of methoxy groups -OCH3 is 2. The van der Waals surface area contributed by atoms with Gasteiger partial charge in [-0.1, -0.05) is 48.5 Å². The second kappa shape index (κ2) is 13.0. The summed E-state index contributed by atoms with van der Waals surface area (Å²) in [6, 6.07) is 21.0. The number of likely N-dealkylation sites (tertiary alicyclic amines) is 1. The molecule has 0 aromatic heterocycles. The van der Waals surface area contributed by atoms with Crippen molar-refractivity contribution < 1.29 is 33.6 Å². The van der Waals surface area contributed by atoms with Gasteiger partial charge in [0.05, 0.1) is 25.3 Å². The Kier molecular flexibility index (Phi) is 9.22. The largest absolute Gasteiger partial charge is 0.507 e. The maximum absolute atomic E-state index is 13.3. The summed E-state index contributed by atoms with van der Waals surface area (Å²) in [4.78, 5) is 28.0. The summed E-state index contributed by atoms with van der Waals surface area (Å²) in [6.45, 7) is 3.35. The number of aliphatic hydroxyl groups excluding tert-OH is 1. The minimum Gasteiger partial charge on any atom is -0.507 e. The van der Waals surface area contributed by atoms with Gasteiger partial charge in [-0.15, -0.1) is 0 Å². The number of ketones is 1. The number of aliphatic hydroxyl groups is 1. The fraction of sp³-hybridized carbons (Fsp3) is 0.290. The van der Waals surface area contributed by atoms with E-state index < -0.39 is 17.7 Å². The fourth-order valence-electron chi connectivity index (χ4n) is 4.60. The monoisotopic (exact) mass is 531 g/mol. The summed E-state index contributed by atoms with van der Waals surface area (Å²) in [6.07, 6.45) is 0.523. The maximum Gasteiger partial charge on any atom is 0.295 e. The van der Waals surface area contributed by atoms with Crippen molar-refractivity contribution in [2.24, 2.45) is 0 Å². The highest BCUT2D eigenvalue weighted by molar-refractivity contribution is 6.46. The van der Waals surface area contributed by atoms with Crippen LogP contribution < -0.4 is 14.2 Å². The molecule has 4 rings (SSSR count). The summed E-state index contributed by atoms with van der Waals surface area (Å²) in [5.74, 6) is -0.177. The summed E-state index contributed by atoms with van der Waals surface area (Å²) >= 11 is 0. The maximum atomic E-state index is 13.3. The zero-order chi connectivity index (χ0) is 27.8. The second-order valence-corrected chi connectivity index (χ2v) is 8.98. The lowest BCUT2D eigenvalue weighted by Crippen LogP contribution is -2.31. The van der Waals surface area contributed by atoms with Crippen LogP contribution in [-0.2, 0) is 20.9 Å². The van der Waals surface area contributed by atoms with E-state index in [2.05, 4.69) is 0 Å². The molecule has 1 unspecified atom stereocenters. The van der Waals surface area contributed by atoms with Gasteiger partial charge >= 0.3 is 0 Å². The number of carbonyl (C=O) groups excluding carboxylic acids is 2. The minimum absolute atomic E-state index is 0.00562. The molecule has 0 bridgehead atoms. The first-order valence-electron chi connectivity index (χ1n) is 12.8. The van der Waals surface area contributed by atoms with Gasteiger partial charge in [-0.25, -0.2) is 0 Å². The predicted octanol–water partition coefficient (Wildman–Crippen LogP) is 5.13. The first kappa shape index (κ1) is 27.7. The summed E-state index contributed by atoms with van der Waals surface area (Å²) < 4.78 is 22.3. The van der Waals surface area contributed by atoms with Crippen LogP contribution in [0.5, 0.6) is 17.2 Å². The lowest BCUT2D eigenvalue weighted by molar-refractivity contribution is -0.140. The molecule has 0 radical (unpaired) electrons. The normalized spacial score (nSPS) is 16.4. The number of benzene rings is 3. The van der Waals surface area contributed by atoms with Crippen molar-refractivity contribution in [3.05, 3.63) is 95.1 Å². The molecule has 3 aromatic carbocycles. The highest BCUT2D eigenvalue weighted by atomic mass is 16.5. The molecule has 1 aliphatic rings. The van der Waals surface area contributed by atoms with Crippen LogP contribution in [-0.4, -0.2) is 55.7 Å². The molecule has 1 N–H and O–H groups in total. The zero-order valence-corrected chi connectivity index (χ0v) is 22.4. The average molecular weight is 532 g/mol. The van der Waals surface area contributed by atoms with Crippen LogP contribution in [0.15, 0.2) is 78.4 Å². The van der Waals surface area contributed by atoms with Crippen LogP contribution in [0.25, 0.3) is 5.76 Å². The number of hydrogen-bond acceptors (Lipinski definition) is 7. The molecule has 1 saturated heterocycles. The van der Waals surface area contributed by atoms with Crippen molar-refractivity contribution in [1.29, 1.82) is 0 Å². The van der Waals surface area contributed by atoms with E-state index in [9.17, 15) is 14.7 Å². The van der Waals surface area contributed by atoms with E-state index >= 15 is 0 Å². The lowest BCUT2D eigenvalue weighted by Gasteiger charge is -2.26. The van der Waals surface area contributed by atoms with E-state index in [1.54, 1.807) is 49.6 Å². The molecule has 8 nitrogen and oxygen atoms in total. The van der Waals surface area contributed by atoms with E-state index in [4.69, 9.17) is 18.9 Å². The predicted molar refractivity (Wildman–Crippen MR) is 147 cm³/mol. The topological polar surface area (TPSA) is 94.5 Å². The molecule has 1 amide bonds. The van der Waals surface area contributed by atoms with Crippen LogP contribution in [0.2, 0.25) is 0 Å². The van der Waals surface area contributed by atoms with Gasteiger partial charge in [0.25, 0.3) is 11.7 Å². The number of hydrogen-bond donors (Lipinski definition) is 1. The molecule has 0 aliphatic carbocycles. The molecule has 1 aliphatic heterocycles. The Balaban J connectivity index is 1.75. The zero-order valence-electron chi connectivity index (χ0n) is 22.4. The molecule has 3 aromatic rings. The molecule has 1 atom stereocenters. The number of Topliss-reactive ketones (excluding diaryl/α,β-unsaturated/α-hetero) is 1. The van der Waals surface area contributed by atoms with Gasteiger partial charge in [-0.05, 0) is 48.7 Å². The lowest BCUT2D eigenvalue weighted by atomic mass is 9.95. The van der Waals surface area contributed by atoms with Crippen molar-refractivity contribution >= 4 is 17.4 Å². The minimum atomic E-state index is -0.824. The molecule has 0 spiro atoms. The van der Waals surface area contributed by atoms with E-state index in [1.165, 1.54) is 12.0 Å². The van der Waals surface area contributed by atoms with Gasteiger partial charge in [-0.3, -0.25) is 9.59 Å². The summed E-state index contributed by atoms with van der Waals surface area (Å²) in [5.41, 5.74) is 2.00. The number of carbonyl (C=O) groups is 2. The molecular weight excluding hydrogens is 498 g/mol. The molecule has 1 fully saturated rings. The standard InChI is InChI=1S/C31H33NO7/c1-4-38-24-13-8-12-23(18-24)29(33)27-28(32(16-9-17-36-2)31(35)30(27)34)22-14-15-25(26(19-22)37-3)39-20-21-10-6-5-7-11-21/h5-8,10-15,18-19,28,33H,4,9,16-17,20H2,1-3H3. The van der Waals surface area contributed by atoms with Crippen LogP contribution in [0, 0.1) is 0 Å². The average Bonchev–Trinajstić information content (AvgIpc) is 3.21. The summed E-state index contributed by atoms with van der Waals surface area (Å²) in [7, 11) is 3.11. The first-order valence-corrected chi connectivity index (χ1v) is 12.8. The number of ether oxygens (including phenoxy) is 4. The quantitative estimate of drug-likeness (QED) is 0.150. The Morgan fingerprint density at radius 3 is 2.44 bits per heavy atom. The van der Waals surface area contributed by atoms with Gasteiger partial charge in [-0.2, -0.15) is 0 Å². The molecular formula is C31H33NO7. The molecule has 8 heteroatoms. The number of nitrogens with zero attached hydrogens (tertiary/aromatic N) is 1. The fourth-order valence-corrected chi connectivity index (χ4v) is 4.60. The van der Waals surface area contributed by atoms with E-state index in [0.717, 1.165) is 5.56 Å². The van der Waals surface area contributed by atoms with Crippen LogP contribution in [0.4, 0.5) is 0 Å². The van der Waals surface area contributed by atoms with Crippen molar-refractivity contribution in [2.45, 2.75) is 26.0 Å². The third kappa shape index (κ3) is 6.23. The highest BCUT2D eigenvalue weighted by Crippen LogP contribution is 2.42. The van der Waals surface area contributed by atoms with Crippen molar-refractivity contribution in [2.75, 3.05) is 34.0 Å². The van der Waals surface area contributed by atoms with E-state index in [1.807, 2.05) is 37.3 Å². The SMILES string of the molecule is CCOc1cccc(C(O)=C2C(=O)C(=O)N(CCCOC)C2c2ccc(OCc3ccccc3)c(OC)c2)c1. The van der Waals surface area contributed by atoms with Crippen molar-refractivity contribution in [3.63, 3.8) is 0 Å². The Morgan fingerprint density at radius 2 is 1.72 bits per heavy atom. The first-order chi connectivity index (χ1) is 19.0. The van der Waals surface area contributed by atoms with E-state index in [-0.39, 0.29) is 17.9 Å². The Labute approximate surface area is 228 Å². The number of rotatable bonds is 12. The van der Waals surface area contributed by atoms with Crippen molar-refractivity contribution in [1.82, 2.24) is 4.90 Å². The van der Waals surface area contributed by atoms with Gasteiger partial charge in [0, 0.05) is 25.8 Å². The van der Waals surface area contributed by atoms with E-state index in [0.29, 0.717) is 54.6 Å². The molecule has 0 saturated carbocycles. The molecule has 39 heavy (non-hydrogen) atoms. The third-order valence-corrected chi connectivity index (χ3v) is 6.45. The second-order valence-electron chi connectivity index (χ2n) is 8.98. The van der Waals surface area contributed by atoms with Gasteiger partial charge in [0.15, 0.2) is 11.5 Å². The van der Waals surface area contributed by atoms with Crippen LogP contribution >= 0.6 is 0 Å². The van der Waals surface area contributed by atoms with Crippen LogP contribution in [0.3, 0.4) is 0 Å². The van der Waals surface area contributed by atoms with Gasteiger partial charge in [0.1, 0.15) is 18.1 Å². The highest BCUT2D eigenvalue weighted by Gasteiger charge is 2.46. The Hall–Kier alpha value is -4.30. The Morgan fingerprint density at radius 1 is 0.923 bits per heavy atom. The van der Waals surface area contributed by atoms with Crippen molar-refractivity contribution in [3.8, 4) is 17.2 Å². The smallest absolute Gasteiger partial charge is 0.295 e. The van der Waals surface area contributed by atoms with Gasteiger partial charge in [0.2, 0.25) is 0 Å². The molecule has 1 heterocycles. The summed E-state index contributed by atoms with van der Waals surface area (Å²) in [5, 5.41) is 11.4. The third-order valence-electron chi connectivity index (χ3n) is 6.45. The molecule has 204 valence electrons. The Bertz CT molecular complexity index is 1340. The van der Waals surface area contributed by atoms with Gasteiger partial charge < -0.3 is 29.0 Å². The van der Waals surface area contributed by atoms with Crippen LogP contribution in [0.1, 0.15) is 36.1 Å².